The summed E-state index contributed by atoms with van der Waals surface area (Å²) in [5, 5.41) is 9.28. The second-order valence-corrected chi connectivity index (χ2v) is 12.9. The van der Waals surface area contributed by atoms with Crippen LogP contribution in [0, 0.1) is 20.8 Å². The van der Waals surface area contributed by atoms with Gasteiger partial charge in [-0.05, 0) is 128 Å². The first kappa shape index (κ1) is 41.2. The van der Waals surface area contributed by atoms with Crippen LogP contribution in [0.1, 0.15) is 69.5 Å². The van der Waals surface area contributed by atoms with Crippen molar-refractivity contribution in [3.63, 3.8) is 0 Å². The Morgan fingerprint density at radius 3 is 1.79 bits per heavy atom. The van der Waals surface area contributed by atoms with E-state index in [2.05, 4.69) is 4.98 Å². The highest BCUT2D eigenvalue weighted by molar-refractivity contribution is 5.79. The fourth-order valence-electron chi connectivity index (χ4n) is 4.74. The van der Waals surface area contributed by atoms with Gasteiger partial charge in [0.2, 0.25) is 0 Å². The van der Waals surface area contributed by atoms with Crippen molar-refractivity contribution in [1.29, 1.82) is 0 Å². The molecule has 9 nitrogen and oxygen atoms in total. The van der Waals surface area contributed by atoms with E-state index >= 15 is 0 Å². The molecule has 0 aliphatic rings. The minimum absolute atomic E-state index is 0.170. The maximum atomic E-state index is 13.0. The Bertz CT molecular complexity index is 1850. The lowest BCUT2D eigenvalue weighted by Gasteiger charge is -2.25. The smallest absolute Gasteiger partial charge is 0.416 e. The van der Waals surface area contributed by atoms with Gasteiger partial charge in [-0.2, -0.15) is 13.2 Å². The van der Waals surface area contributed by atoms with Crippen LogP contribution in [0.25, 0.3) is 11.3 Å². The summed E-state index contributed by atoms with van der Waals surface area (Å²) < 4.78 is 66.4. The number of benzene rings is 3. The SMILES string of the molecule is CCOC(=O)C(C)(C)Oc1ccc(O)cc1C.CCOC(=O)C(C)(C)Oc1ccc(OCc2ccc(-c3cccc(C(F)(F)F)c3)nc2C)cc1C. The molecule has 0 fully saturated rings. The number of halogens is 3. The summed E-state index contributed by atoms with van der Waals surface area (Å²) in [6.07, 6.45) is -4.41. The number of phenolic OH excluding ortho intramolecular Hbond substituents is 1. The average molecular weight is 726 g/mol. The molecule has 0 spiro atoms. The summed E-state index contributed by atoms with van der Waals surface area (Å²) >= 11 is 0. The van der Waals surface area contributed by atoms with Gasteiger partial charge in [0.15, 0.2) is 11.2 Å². The predicted molar refractivity (Wildman–Crippen MR) is 190 cm³/mol. The molecule has 0 saturated heterocycles. The Balaban J connectivity index is 0.000000359. The van der Waals surface area contributed by atoms with E-state index in [0.29, 0.717) is 40.8 Å². The monoisotopic (exact) mass is 725 g/mol. The van der Waals surface area contributed by atoms with Crippen LogP contribution in [-0.4, -0.2) is 46.4 Å². The van der Waals surface area contributed by atoms with Crippen LogP contribution in [0.5, 0.6) is 23.0 Å². The Hall–Kier alpha value is -5.26. The number of rotatable bonds is 12. The van der Waals surface area contributed by atoms with Gasteiger partial charge in [0.05, 0.1) is 24.5 Å². The minimum Gasteiger partial charge on any atom is -0.508 e. The van der Waals surface area contributed by atoms with E-state index in [-0.39, 0.29) is 19.0 Å². The van der Waals surface area contributed by atoms with Crippen LogP contribution < -0.4 is 14.2 Å². The van der Waals surface area contributed by atoms with E-state index in [9.17, 15) is 27.9 Å². The number of hydrogen-bond donors (Lipinski definition) is 1. The summed E-state index contributed by atoms with van der Waals surface area (Å²) in [7, 11) is 0. The minimum atomic E-state index is -4.41. The van der Waals surface area contributed by atoms with Crippen molar-refractivity contribution in [2.45, 2.75) is 86.3 Å². The molecule has 4 aromatic rings. The lowest BCUT2D eigenvalue weighted by atomic mass is 10.1. The summed E-state index contributed by atoms with van der Waals surface area (Å²) in [6.45, 7) is 16.3. The van der Waals surface area contributed by atoms with E-state index in [1.807, 2.05) is 6.92 Å². The first-order valence-corrected chi connectivity index (χ1v) is 16.7. The highest BCUT2D eigenvalue weighted by Crippen LogP contribution is 2.33. The van der Waals surface area contributed by atoms with E-state index in [4.69, 9.17) is 23.7 Å². The molecule has 0 atom stereocenters. The molecule has 4 rings (SSSR count). The van der Waals surface area contributed by atoms with Crippen LogP contribution in [0.4, 0.5) is 13.2 Å². The number of aromatic nitrogens is 1. The fourth-order valence-corrected chi connectivity index (χ4v) is 4.74. The molecule has 52 heavy (non-hydrogen) atoms. The topological polar surface area (TPSA) is 113 Å². The molecule has 0 unspecified atom stereocenters. The molecule has 0 saturated carbocycles. The first-order valence-electron chi connectivity index (χ1n) is 16.7. The van der Waals surface area contributed by atoms with Crippen molar-refractivity contribution in [2.75, 3.05) is 13.2 Å². The van der Waals surface area contributed by atoms with Gasteiger partial charge in [0.1, 0.15) is 29.6 Å². The number of nitrogens with zero attached hydrogens (tertiary/aromatic N) is 1. The third-order valence-electron chi connectivity index (χ3n) is 7.64. The molecule has 0 aliphatic carbocycles. The van der Waals surface area contributed by atoms with Crippen molar-refractivity contribution in [3.05, 3.63) is 101 Å². The van der Waals surface area contributed by atoms with Crippen LogP contribution >= 0.6 is 0 Å². The van der Waals surface area contributed by atoms with E-state index < -0.39 is 34.9 Å². The predicted octanol–water partition coefficient (Wildman–Crippen LogP) is 9.10. The zero-order valence-electron chi connectivity index (χ0n) is 30.9. The third kappa shape index (κ3) is 11.4. The number of hydrogen-bond acceptors (Lipinski definition) is 9. The number of alkyl halides is 3. The van der Waals surface area contributed by atoms with Crippen molar-refractivity contribution >= 4 is 11.9 Å². The van der Waals surface area contributed by atoms with Crippen molar-refractivity contribution in [3.8, 4) is 34.3 Å². The molecular weight excluding hydrogens is 679 g/mol. The van der Waals surface area contributed by atoms with Crippen LogP contribution in [0.3, 0.4) is 0 Å². The second kappa shape index (κ2) is 17.3. The van der Waals surface area contributed by atoms with E-state index in [0.717, 1.165) is 28.8 Å². The Morgan fingerprint density at radius 2 is 1.29 bits per heavy atom. The second-order valence-electron chi connectivity index (χ2n) is 12.9. The number of pyridine rings is 1. The van der Waals surface area contributed by atoms with Crippen LogP contribution in [0.2, 0.25) is 0 Å². The Labute approximate surface area is 302 Å². The zero-order chi connectivity index (χ0) is 38.9. The Morgan fingerprint density at radius 1 is 0.731 bits per heavy atom. The van der Waals surface area contributed by atoms with Gasteiger partial charge >= 0.3 is 18.1 Å². The molecule has 280 valence electrons. The van der Waals surface area contributed by atoms with Gasteiger partial charge in [0, 0.05) is 16.8 Å². The normalized spacial score (nSPS) is 11.5. The number of esters is 2. The van der Waals surface area contributed by atoms with Crippen molar-refractivity contribution in [1.82, 2.24) is 4.98 Å². The maximum Gasteiger partial charge on any atom is 0.416 e. The zero-order valence-corrected chi connectivity index (χ0v) is 30.9. The van der Waals surface area contributed by atoms with Gasteiger partial charge in [-0.1, -0.05) is 18.2 Å². The Kier molecular flexibility index (Phi) is 13.7. The lowest BCUT2D eigenvalue weighted by molar-refractivity contribution is -0.159. The maximum absolute atomic E-state index is 13.0. The number of carbonyl (C=O) groups is 2. The summed E-state index contributed by atoms with van der Waals surface area (Å²) in [5.74, 6) is 1.01. The molecular formula is C40H46F3NO8. The van der Waals surface area contributed by atoms with Gasteiger partial charge in [-0.25, -0.2) is 9.59 Å². The number of aromatic hydroxyl groups is 1. The average Bonchev–Trinajstić information content (AvgIpc) is 3.06. The van der Waals surface area contributed by atoms with Crippen LogP contribution in [-0.2, 0) is 31.8 Å². The standard InChI is InChI=1S/C27H28F3NO4.C13H18O4/c1-6-33-25(32)26(4,5)35-24-13-11-22(14-17(24)2)34-16-20-10-12-23(31-18(20)3)19-8-7-9-21(15-19)27(28,29)30;1-5-16-12(15)13(3,4)17-11-7-6-10(14)8-9(11)2/h7-15H,6,16H2,1-5H3;6-8,14H,5H2,1-4H3. The molecule has 1 heterocycles. The van der Waals surface area contributed by atoms with Gasteiger partial charge in [0.25, 0.3) is 0 Å². The summed E-state index contributed by atoms with van der Waals surface area (Å²) in [6, 6.07) is 18.6. The van der Waals surface area contributed by atoms with Gasteiger partial charge in [-0.15, -0.1) is 0 Å². The number of phenols is 1. The molecule has 12 heteroatoms. The first-order chi connectivity index (χ1) is 24.3. The molecule has 0 radical (unpaired) electrons. The summed E-state index contributed by atoms with van der Waals surface area (Å²) in [4.78, 5) is 28.2. The highest BCUT2D eigenvalue weighted by Gasteiger charge is 2.33. The molecule has 3 aromatic carbocycles. The highest BCUT2D eigenvalue weighted by atomic mass is 19.4. The summed E-state index contributed by atoms with van der Waals surface area (Å²) in [5.41, 5.74) is 0.985. The van der Waals surface area contributed by atoms with E-state index in [1.54, 1.807) is 104 Å². The van der Waals surface area contributed by atoms with Gasteiger partial charge < -0.3 is 28.8 Å². The quantitative estimate of drug-likeness (QED) is 0.143. The van der Waals surface area contributed by atoms with Crippen molar-refractivity contribution in [2.24, 2.45) is 0 Å². The fraction of sp³-hybridized carbons (Fsp3) is 0.375. The van der Waals surface area contributed by atoms with E-state index in [1.165, 1.54) is 12.1 Å². The number of carbonyl (C=O) groups excluding carboxylic acids is 2. The molecule has 0 bridgehead atoms. The lowest BCUT2D eigenvalue weighted by Crippen LogP contribution is -2.39. The molecule has 0 amide bonds. The van der Waals surface area contributed by atoms with Gasteiger partial charge in [-0.3, -0.25) is 4.98 Å². The molecule has 0 aliphatic heterocycles. The molecule has 1 N–H and O–H groups in total. The molecule has 1 aromatic heterocycles. The number of aryl methyl sites for hydroxylation is 3. The largest absolute Gasteiger partial charge is 0.508 e. The van der Waals surface area contributed by atoms with Crippen molar-refractivity contribution < 1.29 is 51.6 Å². The number of ether oxygens (including phenoxy) is 5. The van der Waals surface area contributed by atoms with Crippen LogP contribution in [0.15, 0.2) is 72.8 Å². The third-order valence-corrected chi connectivity index (χ3v) is 7.64.